The van der Waals surface area contributed by atoms with Gasteiger partial charge in [0.2, 0.25) is 5.91 Å². The molecule has 0 aliphatic heterocycles. The molecule has 2 atom stereocenters. The van der Waals surface area contributed by atoms with Gasteiger partial charge in [0.15, 0.2) is 0 Å². The second-order valence-corrected chi connectivity index (χ2v) is 6.77. The summed E-state index contributed by atoms with van der Waals surface area (Å²) in [5.41, 5.74) is 0.436. The minimum absolute atomic E-state index is 0.103. The van der Waals surface area contributed by atoms with Gasteiger partial charge in [-0.2, -0.15) is 0 Å². The monoisotopic (exact) mass is 305 g/mol. The maximum atomic E-state index is 12.2. The van der Waals surface area contributed by atoms with E-state index in [0.29, 0.717) is 24.9 Å². The van der Waals surface area contributed by atoms with Crippen molar-refractivity contribution >= 4 is 17.6 Å². The predicted octanol–water partition coefficient (Wildman–Crippen LogP) is 3.30. The zero-order valence-electron chi connectivity index (χ0n) is 13.3. The van der Waals surface area contributed by atoms with Crippen LogP contribution in [0.15, 0.2) is 24.3 Å². The first kappa shape index (κ1) is 16.3. The van der Waals surface area contributed by atoms with E-state index in [1.165, 1.54) is 0 Å². The van der Waals surface area contributed by atoms with E-state index in [9.17, 15) is 9.59 Å². The minimum Gasteiger partial charge on any atom is -0.488 e. The van der Waals surface area contributed by atoms with Crippen LogP contribution in [0.5, 0.6) is 5.75 Å². The molecule has 0 saturated heterocycles. The Bertz CT molecular complexity index is 545. The number of hydrogen-bond donors (Lipinski definition) is 2. The normalized spacial score (nSPS) is 21.4. The summed E-state index contributed by atoms with van der Waals surface area (Å²) in [6, 6.07) is 7.22. The van der Waals surface area contributed by atoms with Crippen LogP contribution < -0.4 is 10.1 Å². The Morgan fingerprint density at radius 1 is 1.14 bits per heavy atom. The number of amides is 1. The second kappa shape index (κ2) is 6.38. The molecule has 1 aromatic rings. The first-order valence-electron chi connectivity index (χ1n) is 7.57. The first-order valence-corrected chi connectivity index (χ1v) is 7.57. The minimum atomic E-state index is -0.806. The van der Waals surface area contributed by atoms with Crippen molar-refractivity contribution in [1.29, 1.82) is 0 Å². The number of carbonyl (C=O) groups is 2. The molecule has 2 rings (SSSR count). The SMILES string of the molecule is CC(C)(C)Oc1ccc(NC(=O)[C@@H]2CC[C@H](C(=O)O)C2)cc1. The standard InChI is InChI=1S/C17H23NO4/c1-17(2,3)22-14-8-6-13(7-9-14)18-15(19)11-4-5-12(10-11)16(20)21/h6-9,11-12H,4-5,10H2,1-3H3,(H,18,19)(H,20,21)/t11-,12+/m1/s1. The van der Waals surface area contributed by atoms with Gasteiger partial charge in [0, 0.05) is 11.6 Å². The largest absolute Gasteiger partial charge is 0.488 e. The molecule has 0 bridgehead atoms. The Morgan fingerprint density at radius 2 is 1.73 bits per heavy atom. The highest BCUT2D eigenvalue weighted by Crippen LogP contribution is 2.32. The van der Waals surface area contributed by atoms with Crippen LogP contribution in [0.1, 0.15) is 40.0 Å². The lowest BCUT2D eigenvalue weighted by Gasteiger charge is -2.21. The maximum absolute atomic E-state index is 12.2. The Kier molecular flexibility index (Phi) is 4.74. The van der Waals surface area contributed by atoms with E-state index in [0.717, 1.165) is 5.75 Å². The van der Waals surface area contributed by atoms with Crippen LogP contribution >= 0.6 is 0 Å². The maximum Gasteiger partial charge on any atom is 0.306 e. The molecule has 5 nitrogen and oxygen atoms in total. The van der Waals surface area contributed by atoms with Gasteiger partial charge in [-0.3, -0.25) is 9.59 Å². The molecule has 1 saturated carbocycles. The second-order valence-electron chi connectivity index (χ2n) is 6.77. The molecule has 1 aromatic carbocycles. The average molecular weight is 305 g/mol. The zero-order valence-corrected chi connectivity index (χ0v) is 13.3. The topological polar surface area (TPSA) is 75.6 Å². The van der Waals surface area contributed by atoms with Crippen LogP contribution in [-0.4, -0.2) is 22.6 Å². The van der Waals surface area contributed by atoms with Crippen molar-refractivity contribution in [3.63, 3.8) is 0 Å². The molecule has 1 amide bonds. The summed E-state index contributed by atoms with van der Waals surface area (Å²) in [4.78, 5) is 23.1. The van der Waals surface area contributed by atoms with E-state index >= 15 is 0 Å². The Hall–Kier alpha value is -2.04. The number of carbonyl (C=O) groups excluding carboxylic acids is 1. The van der Waals surface area contributed by atoms with E-state index < -0.39 is 11.9 Å². The van der Waals surface area contributed by atoms with Gasteiger partial charge in [-0.05, 0) is 64.3 Å². The fourth-order valence-corrected chi connectivity index (χ4v) is 2.65. The Balaban J connectivity index is 1.91. The van der Waals surface area contributed by atoms with E-state index in [1.54, 1.807) is 12.1 Å². The van der Waals surface area contributed by atoms with Gasteiger partial charge >= 0.3 is 5.97 Å². The van der Waals surface area contributed by atoms with Crippen molar-refractivity contribution in [3.8, 4) is 5.75 Å². The number of anilines is 1. The summed E-state index contributed by atoms with van der Waals surface area (Å²) >= 11 is 0. The molecule has 1 aliphatic rings. The van der Waals surface area contributed by atoms with Gasteiger partial charge in [-0.1, -0.05) is 0 Å². The zero-order chi connectivity index (χ0) is 16.3. The van der Waals surface area contributed by atoms with Crippen molar-refractivity contribution in [3.05, 3.63) is 24.3 Å². The van der Waals surface area contributed by atoms with Crippen molar-refractivity contribution in [2.75, 3.05) is 5.32 Å². The van der Waals surface area contributed by atoms with E-state index in [1.807, 2.05) is 32.9 Å². The van der Waals surface area contributed by atoms with Gasteiger partial charge in [0.25, 0.3) is 0 Å². The van der Waals surface area contributed by atoms with Crippen molar-refractivity contribution < 1.29 is 19.4 Å². The summed E-state index contributed by atoms with van der Waals surface area (Å²) in [5.74, 6) is -0.769. The number of nitrogens with one attached hydrogen (secondary N) is 1. The molecule has 22 heavy (non-hydrogen) atoms. The third kappa shape index (κ3) is 4.48. The van der Waals surface area contributed by atoms with Crippen LogP contribution in [0.3, 0.4) is 0 Å². The van der Waals surface area contributed by atoms with Crippen LogP contribution in [-0.2, 0) is 9.59 Å². The molecule has 0 unspecified atom stereocenters. The lowest BCUT2D eigenvalue weighted by atomic mass is 10.0. The van der Waals surface area contributed by atoms with Gasteiger partial charge in [0.05, 0.1) is 5.92 Å². The highest BCUT2D eigenvalue weighted by molar-refractivity contribution is 5.93. The summed E-state index contributed by atoms with van der Waals surface area (Å²) in [7, 11) is 0. The molecule has 120 valence electrons. The van der Waals surface area contributed by atoms with Gasteiger partial charge < -0.3 is 15.2 Å². The third-order valence-electron chi connectivity index (χ3n) is 3.70. The van der Waals surface area contributed by atoms with Gasteiger partial charge in [0.1, 0.15) is 11.4 Å². The number of benzene rings is 1. The molecule has 1 fully saturated rings. The number of aliphatic carboxylic acids is 1. The molecule has 0 heterocycles. The molecule has 1 aliphatic carbocycles. The molecule has 0 spiro atoms. The average Bonchev–Trinajstić information content (AvgIpc) is 2.89. The summed E-state index contributed by atoms with van der Waals surface area (Å²) < 4.78 is 5.72. The molecular weight excluding hydrogens is 282 g/mol. The summed E-state index contributed by atoms with van der Waals surface area (Å²) in [5, 5.41) is 11.8. The van der Waals surface area contributed by atoms with Crippen molar-refractivity contribution in [2.24, 2.45) is 11.8 Å². The van der Waals surface area contributed by atoms with E-state index in [4.69, 9.17) is 9.84 Å². The van der Waals surface area contributed by atoms with Crippen LogP contribution in [0.25, 0.3) is 0 Å². The number of rotatable bonds is 4. The fourth-order valence-electron chi connectivity index (χ4n) is 2.65. The van der Waals surface area contributed by atoms with Crippen LogP contribution in [0, 0.1) is 11.8 Å². The number of ether oxygens (including phenoxy) is 1. The van der Waals surface area contributed by atoms with Gasteiger partial charge in [-0.15, -0.1) is 0 Å². The predicted molar refractivity (Wildman–Crippen MR) is 83.9 cm³/mol. The fraction of sp³-hybridized carbons (Fsp3) is 0.529. The highest BCUT2D eigenvalue weighted by Gasteiger charge is 2.33. The third-order valence-corrected chi connectivity index (χ3v) is 3.70. The lowest BCUT2D eigenvalue weighted by molar-refractivity contribution is -0.141. The van der Waals surface area contributed by atoms with Crippen molar-refractivity contribution in [1.82, 2.24) is 0 Å². The summed E-state index contributed by atoms with van der Waals surface area (Å²) in [6.45, 7) is 5.92. The number of carboxylic acid groups (broad SMARTS) is 1. The van der Waals surface area contributed by atoms with Crippen LogP contribution in [0.4, 0.5) is 5.69 Å². The number of hydrogen-bond acceptors (Lipinski definition) is 3. The van der Waals surface area contributed by atoms with Crippen LogP contribution in [0.2, 0.25) is 0 Å². The lowest BCUT2D eigenvalue weighted by Crippen LogP contribution is -2.23. The highest BCUT2D eigenvalue weighted by atomic mass is 16.5. The van der Waals surface area contributed by atoms with Crippen molar-refractivity contribution in [2.45, 2.75) is 45.6 Å². The molecule has 2 N–H and O–H groups in total. The molecular formula is C17H23NO4. The summed E-state index contributed by atoms with van der Waals surface area (Å²) in [6.07, 6.45) is 1.63. The van der Waals surface area contributed by atoms with E-state index in [-0.39, 0.29) is 17.4 Å². The molecule has 0 radical (unpaired) electrons. The van der Waals surface area contributed by atoms with Gasteiger partial charge in [-0.25, -0.2) is 0 Å². The Morgan fingerprint density at radius 3 is 2.23 bits per heavy atom. The Labute approximate surface area is 130 Å². The smallest absolute Gasteiger partial charge is 0.306 e. The quantitative estimate of drug-likeness (QED) is 0.895. The molecule has 0 aromatic heterocycles. The first-order chi connectivity index (χ1) is 10.2. The molecule has 5 heteroatoms. The number of carboxylic acids is 1. The van der Waals surface area contributed by atoms with E-state index in [2.05, 4.69) is 5.32 Å².